The lowest BCUT2D eigenvalue weighted by Crippen LogP contribution is -2.19. The molecule has 0 radical (unpaired) electrons. The number of hydrogen-bond donors (Lipinski definition) is 1. The number of aryl methyl sites for hydroxylation is 2. The number of amides is 1. The van der Waals surface area contributed by atoms with Gasteiger partial charge in [-0.3, -0.25) is 24.3 Å². The molecule has 0 aliphatic rings. The van der Waals surface area contributed by atoms with Crippen LogP contribution < -0.4 is 5.32 Å². The minimum absolute atomic E-state index is 0.0850. The van der Waals surface area contributed by atoms with Crippen LogP contribution in [0.5, 0.6) is 0 Å². The fourth-order valence-corrected chi connectivity index (χ4v) is 1.64. The molecule has 100 valence electrons. The van der Waals surface area contributed by atoms with Gasteiger partial charge >= 0.3 is 5.69 Å². The number of nitro groups is 1. The molecule has 0 aliphatic heterocycles. The second-order valence-electron chi connectivity index (χ2n) is 3.78. The lowest BCUT2D eigenvalue weighted by molar-refractivity contribution is -0.385. The molecule has 0 atom stereocenters. The van der Waals surface area contributed by atoms with Crippen LogP contribution in [0.3, 0.4) is 0 Å². The number of carbonyl (C=O) groups excluding carboxylic acids is 1. The van der Waals surface area contributed by atoms with E-state index >= 15 is 0 Å². The summed E-state index contributed by atoms with van der Waals surface area (Å²) < 4.78 is 2.79. The van der Waals surface area contributed by atoms with Gasteiger partial charge in [0.05, 0.1) is 4.92 Å². The monoisotopic (exact) mass is 264 g/mol. The van der Waals surface area contributed by atoms with E-state index in [2.05, 4.69) is 15.5 Å². The van der Waals surface area contributed by atoms with Crippen LogP contribution in [0.4, 0.5) is 11.5 Å². The minimum Gasteiger partial charge on any atom is -0.304 e. The van der Waals surface area contributed by atoms with E-state index < -0.39 is 10.8 Å². The summed E-state index contributed by atoms with van der Waals surface area (Å²) in [5.74, 6) is -0.282. The summed E-state index contributed by atoms with van der Waals surface area (Å²) in [6.45, 7) is 2.10. The average molecular weight is 264 g/mol. The molecule has 0 spiro atoms. The van der Waals surface area contributed by atoms with E-state index in [9.17, 15) is 14.9 Å². The Balaban J connectivity index is 2.32. The van der Waals surface area contributed by atoms with Crippen molar-refractivity contribution in [3.8, 4) is 0 Å². The zero-order valence-electron chi connectivity index (χ0n) is 10.4. The first-order valence-corrected chi connectivity index (χ1v) is 5.54. The molecule has 0 fully saturated rings. The van der Waals surface area contributed by atoms with Gasteiger partial charge < -0.3 is 5.32 Å². The van der Waals surface area contributed by atoms with Gasteiger partial charge in [-0.25, -0.2) is 0 Å². The third kappa shape index (κ3) is 2.44. The fourth-order valence-electron chi connectivity index (χ4n) is 1.64. The Labute approximate surface area is 108 Å². The van der Waals surface area contributed by atoms with Crippen molar-refractivity contribution in [3.05, 3.63) is 34.3 Å². The van der Waals surface area contributed by atoms with Crippen LogP contribution in [-0.2, 0) is 13.6 Å². The molecule has 0 saturated carbocycles. The first-order valence-electron chi connectivity index (χ1n) is 5.54. The van der Waals surface area contributed by atoms with Crippen molar-refractivity contribution in [2.45, 2.75) is 13.5 Å². The molecule has 0 saturated heterocycles. The third-order valence-electron chi connectivity index (χ3n) is 2.49. The molecular formula is C10H12N6O3. The molecule has 0 aliphatic carbocycles. The SMILES string of the molecule is CCn1ncc([N+](=O)[O-])c1C(=O)Nc1ccn(C)n1. The summed E-state index contributed by atoms with van der Waals surface area (Å²) in [6, 6.07) is 1.59. The van der Waals surface area contributed by atoms with Crippen LogP contribution in [0.1, 0.15) is 17.4 Å². The lowest BCUT2D eigenvalue weighted by atomic mass is 10.3. The van der Waals surface area contributed by atoms with E-state index in [1.807, 2.05) is 0 Å². The standard InChI is InChI=1S/C10H12N6O3/c1-3-15-9(7(6-11-15)16(18)19)10(17)12-8-4-5-14(2)13-8/h4-6H,3H2,1-2H3,(H,12,13,17). The molecule has 2 aromatic heterocycles. The van der Waals surface area contributed by atoms with Crippen molar-refractivity contribution in [2.75, 3.05) is 5.32 Å². The van der Waals surface area contributed by atoms with Gasteiger partial charge in [-0.1, -0.05) is 0 Å². The van der Waals surface area contributed by atoms with Crippen molar-refractivity contribution in [2.24, 2.45) is 7.05 Å². The van der Waals surface area contributed by atoms with E-state index in [0.29, 0.717) is 12.4 Å². The smallest absolute Gasteiger partial charge is 0.304 e. The van der Waals surface area contributed by atoms with Gasteiger partial charge in [-0.2, -0.15) is 10.2 Å². The first kappa shape index (κ1) is 12.7. The predicted octanol–water partition coefficient (Wildman–Crippen LogP) is 0.797. The maximum absolute atomic E-state index is 12.1. The Morgan fingerprint density at radius 1 is 1.58 bits per heavy atom. The van der Waals surface area contributed by atoms with Crippen molar-refractivity contribution in [1.29, 1.82) is 0 Å². The van der Waals surface area contributed by atoms with Gasteiger partial charge in [-0.15, -0.1) is 0 Å². The van der Waals surface area contributed by atoms with Crippen LogP contribution in [0.15, 0.2) is 18.5 Å². The maximum atomic E-state index is 12.1. The summed E-state index contributed by atoms with van der Waals surface area (Å²) in [7, 11) is 1.70. The van der Waals surface area contributed by atoms with Crippen LogP contribution in [-0.4, -0.2) is 30.4 Å². The quantitative estimate of drug-likeness (QED) is 0.649. The Bertz CT molecular complexity index is 629. The van der Waals surface area contributed by atoms with E-state index in [1.165, 1.54) is 9.36 Å². The number of nitrogens with zero attached hydrogens (tertiary/aromatic N) is 5. The molecular weight excluding hydrogens is 252 g/mol. The van der Waals surface area contributed by atoms with Gasteiger partial charge in [0.1, 0.15) is 6.20 Å². The first-order chi connectivity index (χ1) is 9.02. The largest absolute Gasteiger partial charge is 0.320 e. The molecule has 2 aromatic rings. The van der Waals surface area contributed by atoms with Gasteiger partial charge in [0.15, 0.2) is 5.82 Å². The number of aromatic nitrogens is 4. The highest BCUT2D eigenvalue weighted by Crippen LogP contribution is 2.19. The van der Waals surface area contributed by atoms with E-state index in [1.54, 1.807) is 26.2 Å². The highest BCUT2D eigenvalue weighted by molar-refractivity contribution is 6.05. The van der Waals surface area contributed by atoms with Crippen LogP contribution in [0, 0.1) is 10.1 Å². The second kappa shape index (κ2) is 4.88. The second-order valence-corrected chi connectivity index (χ2v) is 3.78. The molecule has 9 heteroatoms. The van der Waals surface area contributed by atoms with E-state index in [-0.39, 0.29) is 11.4 Å². The zero-order chi connectivity index (χ0) is 14.0. The van der Waals surface area contributed by atoms with Crippen molar-refractivity contribution in [3.63, 3.8) is 0 Å². The van der Waals surface area contributed by atoms with Crippen LogP contribution in [0.2, 0.25) is 0 Å². The highest BCUT2D eigenvalue weighted by Gasteiger charge is 2.26. The highest BCUT2D eigenvalue weighted by atomic mass is 16.6. The molecule has 0 bridgehead atoms. The summed E-state index contributed by atoms with van der Waals surface area (Å²) in [5, 5.41) is 21.2. The van der Waals surface area contributed by atoms with Gasteiger partial charge in [0.2, 0.25) is 5.69 Å². The lowest BCUT2D eigenvalue weighted by Gasteiger charge is -2.03. The minimum atomic E-state index is -0.632. The molecule has 0 unspecified atom stereocenters. The van der Waals surface area contributed by atoms with Gasteiger partial charge in [0, 0.05) is 25.9 Å². The molecule has 19 heavy (non-hydrogen) atoms. The van der Waals surface area contributed by atoms with Gasteiger partial charge in [-0.05, 0) is 6.92 Å². The van der Waals surface area contributed by atoms with Crippen molar-refractivity contribution >= 4 is 17.4 Å². The van der Waals surface area contributed by atoms with E-state index in [4.69, 9.17) is 0 Å². The summed E-state index contributed by atoms with van der Waals surface area (Å²) >= 11 is 0. The predicted molar refractivity (Wildman–Crippen MR) is 65.7 cm³/mol. The zero-order valence-corrected chi connectivity index (χ0v) is 10.4. The normalized spacial score (nSPS) is 10.4. The van der Waals surface area contributed by atoms with Crippen LogP contribution in [0.25, 0.3) is 0 Å². The number of nitrogens with one attached hydrogen (secondary N) is 1. The Morgan fingerprint density at radius 2 is 2.32 bits per heavy atom. The summed E-state index contributed by atoms with van der Waals surface area (Å²) in [4.78, 5) is 22.3. The summed E-state index contributed by atoms with van der Waals surface area (Å²) in [5.41, 5.74) is -0.409. The van der Waals surface area contributed by atoms with Gasteiger partial charge in [0.25, 0.3) is 5.91 Å². The van der Waals surface area contributed by atoms with Crippen molar-refractivity contribution < 1.29 is 9.72 Å². The summed E-state index contributed by atoms with van der Waals surface area (Å²) in [6.07, 6.45) is 2.72. The molecule has 1 N–H and O–H groups in total. The number of hydrogen-bond acceptors (Lipinski definition) is 5. The number of anilines is 1. The van der Waals surface area contributed by atoms with Crippen LogP contribution >= 0.6 is 0 Å². The maximum Gasteiger partial charge on any atom is 0.320 e. The molecule has 2 rings (SSSR count). The number of carbonyl (C=O) groups is 1. The molecule has 0 aromatic carbocycles. The molecule has 1 amide bonds. The Kier molecular flexibility index (Phi) is 3.27. The Hall–Kier alpha value is -2.71. The third-order valence-corrected chi connectivity index (χ3v) is 2.49. The van der Waals surface area contributed by atoms with Crippen molar-refractivity contribution in [1.82, 2.24) is 19.6 Å². The topological polar surface area (TPSA) is 108 Å². The average Bonchev–Trinajstić information content (AvgIpc) is 2.94. The Morgan fingerprint density at radius 3 is 2.84 bits per heavy atom. The molecule has 9 nitrogen and oxygen atoms in total. The number of rotatable bonds is 4. The molecule has 2 heterocycles. The van der Waals surface area contributed by atoms with E-state index in [0.717, 1.165) is 6.20 Å². The fraction of sp³-hybridized carbons (Fsp3) is 0.300.